The van der Waals surface area contributed by atoms with Crippen LogP contribution in [-0.4, -0.2) is 31.2 Å². The summed E-state index contributed by atoms with van der Waals surface area (Å²) >= 11 is 12.2. The summed E-state index contributed by atoms with van der Waals surface area (Å²) in [5.41, 5.74) is 1.65. The maximum absolute atomic E-state index is 13.1. The van der Waals surface area contributed by atoms with E-state index in [4.69, 9.17) is 23.2 Å². The van der Waals surface area contributed by atoms with Crippen molar-refractivity contribution in [3.8, 4) is 11.5 Å². The predicted octanol–water partition coefficient (Wildman–Crippen LogP) is 3.80. The van der Waals surface area contributed by atoms with Crippen molar-refractivity contribution >= 4 is 23.2 Å². The fourth-order valence-electron chi connectivity index (χ4n) is 2.93. The van der Waals surface area contributed by atoms with E-state index in [9.17, 15) is 4.39 Å². The lowest BCUT2D eigenvalue weighted by molar-refractivity contribution is 0.209. The second kappa shape index (κ2) is 6.71. The molecule has 0 amide bonds. The topological polar surface area (TPSA) is 46.8 Å². The summed E-state index contributed by atoms with van der Waals surface area (Å²) in [7, 11) is 0. The first-order chi connectivity index (χ1) is 12.1. The van der Waals surface area contributed by atoms with Crippen LogP contribution in [0.1, 0.15) is 11.4 Å². The highest BCUT2D eigenvalue weighted by Gasteiger charge is 2.23. The Kier molecular flexibility index (Phi) is 4.41. The van der Waals surface area contributed by atoms with E-state index < -0.39 is 0 Å². The monoisotopic (exact) mass is 377 g/mol. The number of pyridine rings is 1. The number of hydrogen-bond acceptors (Lipinski definition) is 4. The third kappa shape index (κ3) is 3.38. The molecule has 0 unspecified atom stereocenters. The largest absolute Gasteiger partial charge is 0.307 e. The molecule has 0 spiro atoms. The average molecular weight is 378 g/mol. The number of aromatic nitrogens is 4. The van der Waals surface area contributed by atoms with Gasteiger partial charge in [-0.3, -0.25) is 4.90 Å². The molecule has 0 N–H and O–H groups in total. The first-order valence-corrected chi connectivity index (χ1v) is 8.56. The number of nitrogens with zero attached hydrogens (tertiary/aromatic N) is 5. The van der Waals surface area contributed by atoms with E-state index in [1.807, 2.05) is 16.7 Å². The van der Waals surface area contributed by atoms with Gasteiger partial charge in [-0.15, -0.1) is 10.2 Å². The number of benzene rings is 1. The highest BCUT2D eigenvalue weighted by Crippen LogP contribution is 2.25. The minimum atomic E-state index is -0.367. The van der Waals surface area contributed by atoms with Gasteiger partial charge in [0.1, 0.15) is 17.3 Å². The summed E-state index contributed by atoms with van der Waals surface area (Å²) in [5, 5.41) is 9.78. The second-order valence-corrected chi connectivity index (χ2v) is 6.74. The second-order valence-electron chi connectivity index (χ2n) is 5.90. The van der Waals surface area contributed by atoms with Gasteiger partial charge in [-0.1, -0.05) is 29.3 Å². The van der Waals surface area contributed by atoms with Crippen molar-refractivity contribution in [2.24, 2.45) is 0 Å². The van der Waals surface area contributed by atoms with Crippen LogP contribution in [-0.2, 0) is 19.6 Å². The molecule has 25 heavy (non-hydrogen) atoms. The van der Waals surface area contributed by atoms with Gasteiger partial charge in [-0.2, -0.15) is 0 Å². The molecule has 8 heteroatoms. The Bertz CT molecular complexity index is 910. The molecule has 0 saturated heterocycles. The quantitative estimate of drug-likeness (QED) is 0.696. The molecule has 0 saturated carbocycles. The van der Waals surface area contributed by atoms with Gasteiger partial charge in [0.05, 0.1) is 12.7 Å². The van der Waals surface area contributed by atoms with Crippen molar-refractivity contribution in [2.45, 2.75) is 19.6 Å². The maximum Gasteiger partial charge on any atom is 0.182 e. The lowest BCUT2D eigenvalue weighted by Crippen LogP contribution is -2.33. The summed E-state index contributed by atoms with van der Waals surface area (Å²) in [6.07, 6.45) is 1.19. The Hall–Kier alpha value is -2.02. The number of halogens is 3. The van der Waals surface area contributed by atoms with Gasteiger partial charge in [-0.05, 0) is 29.8 Å². The van der Waals surface area contributed by atoms with Crippen LogP contribution < -0.4 is 0 Å². The van der Waals surface area contributed by atoms with E-state index in [0.29, 0.717) is 34.7 Å². The molecule has 5 nitrogen and oxygen atoms in total. The van der Waals surface area contributed by atoms with Crippen LogP contribution in [0.2, 0.25) is 10.0 Å². The summed E-state index contributed by atoms with van der Waals surface area (Å²) in [6.45, 7) is 2.94. The fraction of sp³-hybridized carbons (Fsp3) is 0.235. The summed E-state index contributed by atoms with van der Waals surface area (Å²) in [5.74, 6) is 1.16. The molecule has 128 valence electrons. The molecular weight excluding hydrogens is 364 g/mol. The Balaban J connectivity index is 1.53. The Morgan fingerprint density at radius 2 is 1.96 bits per heavy atom. The first-order valence-electron chi connectivity index (χ1n) is 7.80. The standard InChI is InChI=1S/C17H14Cl2FN5/c18-12-2-1-11(14(19)7-12)9-24-5-6-25-16(10-24)22-23-17(25)15-4-3-13(20)8-21-15/h1-4,7-8H,5-6,9-10H2. The molecule has 0 aliphatic carbocycles. The minimum absolute atomic E-state index is 0.367. The third-order valence-electron chi connectivity index (χ3n) is 4.20. The van der Waals surface area contributed by atoms with Crippen molar-refractivity contribution < 1.29 is 4.39 Å². The van der Waals surface area contributed by atoms with Gasteiger partial charge in [0.25, 0.3) is 0 Å². The molecule has 1 aliphatic rings. The van der Waals surface area contributed by atoms with Crippen LogP contribution in [0.5, 0.6) is 0 Å². The van der Waals surface area contributed by atoms with Gasteiger partial charge in [0, 0.05) is 29.7 Å². The highest BCUT2D eigenvalue weighted by atomic mass is 35.5. The Morgan fingerprint density at radius 1 is 1.08 bits per heavy atom. The lowest BCUT2D eigenvalue weighted by atomic mass is 10.2. The van der Waals surface area contributed by atoms with Crippen molar-refractivity contribution in [1.82, 2.24) is 24.6 Å². The van der Waals surface area contributed by atoms with Crippen molar-refractivity contribution in [1.29, 1.82) is 0 Å². The lowest BCUT2D eigenvalue weighted by Gasteiger charge is -2.28. The Morgan fingerprint density at radius 3 is 2.72 bits per heavy atom. The SMILES string of the molecule is Fc1ccc(-c2nnc3n2CCN(Cc2ccc(Cl)cc2Cl)C3)nc1. The normalized spacial score (nSPS) is 14.5. The first kappa shape index (κ1) is 16.4. The van der Waals surface area contributed by atoms with E-state index >= 15 is 0 Å². The smallest absolute Gasteiger partial charge is 0.182 e. The zero-order valence-electron chi connectivity index (χ0n) is 13.2. The molecule has 0 atom stereocenters. The van der Waals surface area contributed by atoms with E-state index in [0.717, 1.165) is 24.5 Å². The zero-order valence-corrected chi connectivity index (χ0v) is 14.7. The van der Waals surface area contributed by atoms with Crippen LogP contribution in [0.4, 0.5) is 4.39 Å². The molecule has 0 bridgehead atoms. The summed E-state index contributed by atoms with van der Waals surface area (Å²) in [4.78, 5) is 6.34. The van der Waals surface area contributed by atoms with E-state index in [1.165, 1.54) is 12.3 Å². The van der Waals surface area contributed by atoms with Gasteiger partial charge in [0.2, 0.25) is 0 Å². The summed E-state index contributed by atoms with van der Waals surface area (Å²) < 4.78 is 15.1. The third-order valence-corrected chi connectivity index (χ3v) is 4.78. The maximum atomic E-state index is 13.1. The van der Waals surface area contributed by atoms with Gasteiger partial charge in [-0.25, -0.2) is 9.37 Å². The van der Waals surface area contributed by atoms with Crippen LogP contribution in [0, 0.1) is 5.82 Å². The van der Waals surface area contributed by atoms with Crippen LogP contribution in [0.25, 0.3) is 11.5 Å². The molecule has 3 aromatic rings. The van der Waals surface area contributed by atoms with E-state index in [1.54, 1.807) is 12.1 Å². The average Bonchev–Trinajstić information content (AvgIpc) is 3.01. The molecule has 0 fully saturated rings. The number of rotatable bonds is 3. The predicted molar refractivity (Wildman–Crippen MR) is 93.8 cm³/mol. The zero-order chi connectivity index (χ0) is 17.4. The minimum Gasteiger partial charge on any atom is -0.307 e. The van der Waals surface area contributed by atoms with Gasteiger partial charge >= 0.3 is 0 Å². The van der Waals surface area contributed by atoms with Gasteiger partial charge in [0.15, 0.2) is 5.82 Å². The van der Waals surface area contributed by atoms with Crippen LogP contribution in [0.15, 0.2) is 36.5 Å². The van der Waals surface area contributed by atoms with Crippen LogP contribution >= 0.6 is 23.2 Å². The molecule has 0 radical (unpaired) electrons. The highest BCUT2D eigenvalue weighted by molar-refractivity contribution is 6.35. The van der Waals surface area contributed by atoms with Gasteiger partial charge < -0.3 is 4.57 Å². The fourth-order valence-corrected chi connectivity index (χ4v) is 3.40. The van der Waals surface area contributed by atoms with E-state index in [-0.39, 0.29) is 5.82 Å². The molecule has 3 heterocycles. The summed E-state index contributed by atoms with van der Waals surface area (Å²) in [6, 6.07) is 8.53. The molecule has 1 aromatic carbocycles. The number of hydrogen-bond donors (Lipinski definition) is 0. The van der Waals surface area contributed by atoms with Crippen molar-refractivity contribution in [2.75, 3.05) is 6.54 Å². The molecule has 2 aromatic heterocycles. The molecule has 1 aliphatic heterocycles. The van der Waals surface area contributed by atoms with Crippen LogP contribution in [0.3, 0.4) is 0 Å². The van der Waals surface area contributed by atoms with E-state index in [2.05, 4.69) is 20.1 Å². The molecule has 4 rings (SSSR count). The molecular formula is C17H14Cl2FN5. The van der Waals surface area contributed by atoms with Crippen molar-refractivity contribution in [3.63, 3.8) is 0 Å². The van der Waals surface area contributed by atoms with Crippen molar-refractivity contribution in [3.05, 3.63) is 63.8 Å². The Labute approximate surface area is 154 Å². The number of fused-ring (bicyclic) bond motifs is 1.